The van der Waals surface area contributed by atoms with Crippen molar-refractivity contribution in [2.45, 2.75) is 101 Å². The van der Waals surface area contributed by atoms with E-state index in [2.05, 4.69) is 38.6 Å². The van der Waals surface area contributed by atoms with Crippen LogP contribution in [0.1, 0.15) is 43.0 Å². The van der Waals surface area contributed by atoms with Gasteiger partial charge in [-0.25, -0.2) is 13.1 Å². The standard InChI is InChI=1S/C37H53NO9SSi/c1-25-16-18-29(19-17-25)48(39,40)38-30(21-28-20-26(2)32(42-7)31(22-28)45-24-41-6)33-34(44-23-27-14-12-11-13-15-27)35(36(43-8)46-33)47-49(9,10)37(3,4)5/h11-20,22,30,33-36,38H,21,23-24H2,1-10H3/t30-,33+,34-,35+,36-/m0/s1. The molecule has 10 nitrogen and oxygen atoms in total. The number of hydrogen-bond acceptors (Lipinski definition) is 9. The summed E-state index contributed by atoms with van der Waals surface area (Å²) in [6.07, 6.45) is -2.67. The third kappa shape index (κ3) is 9.71. The number of sulfonamides is 1. The maximum absolute atomic E-state index is 14.0. The third-order valence-electron chi connectivity index (χ3n) is 9.29. The van der Waals surface area contributed by atoms with Crippen molar-refractivity contribution in [1.29, 1.82) is 0 Å². The summed E-state index contributed by atoms with van der Waals surface area (Å²) in [6.45, 7) is 15.0. The fourth-order valence-corrected chi connectivity index (χ4v) is 8.17. The van der Waals surface area contributed by atoms with Gasteiger partial charge in [0.25, 0.3) is 0 Å². The Morgan fingerprint density at radius 2 is 1.59 bits per heavy atom. The molecule has 0 radical (unpaired) electrons. The highest BCUT2D eigenvalue weighted by molar-refractivity contribution is 7.89. The Bertz CT molecular complexity index is 1610. The Hall–Kier alpha value is -2.81. The van der Waals surface area contributed by atoms with Crippen molar-refractivity contribution in [3.05, 3.63) is 89.0 Å². The first kappa shape index (κ1) is 39.0. The summed E-state index contributed by atoms with van der Waals surface area (Å²) in [5.41, 5.74) is 3.55. The van der Waals surface area contributed by atoms with Crippen LogP contribution in [0.2, 0.25) is 18.1 Å². The molecular formula is C37H53NO9SSi. The van der Waals surface area contributed by atoms with Crippen LogP contribution >= 0.6 is 0 Å². The average molecular weight is 716 g/mol. The van der Waals surface area contributed by atoms with E-state index in [1.165, 1.54) is 0 Å². The van der Waals surface area contributed by atoms with Gasteiger partial charge in [0.05, 0.1) is 24.7 Å². The molecule has 0 amide bonds. The zero-order valence-electron chi connectivity index (χ0n) is 30.4. The van der Waals surface area contributed by atoms with E-state index in [-0.39, 0.29) is 29.8 Å². The number of ether oxygens (including phenoxy) is 6. The normalized spacial score (nSPS) is 20.7. The van der Waals surface area contributed by atoms with Crippen LogP contribution in [0.4, 0.5) is 0 Å². The van der Waals surface area contributed by atoms with E-state index in [9.17, 15) is 8.42 Å². The summed E-state index contributed by atoms with van der Waals surface area (Å²) in [5.74, 6) is 1.05. The van der Waals surface area contributed by atoms with Gasteiger partial charge in [-0.1, -0.05) is 74.9 Å². The molecule has 1 heterocycles. The Morgan fingerprint density at radius 1 is 0.918 bits per heavy atom. The highest BCUT2D eigenvalue weighted by Crippen LogP contribution is 2.42. The molecule has 3 aromatic carbocycles. The van der Waals surface area contributed by atoms with Gasteiger partial charge in [-0.2, -0.15) is 0 Å². The van der Waals surface area contributed by atoms with Crippen molar-refractivity contribution in [3.63, 3.8) is 0 Å². The molecule has 12 heteroatoms. The monoisotopic (exact) mass is 715 g/mol. The van der Waals surface area contributed by atoms with Crippen LogP contribution in [-0.2, 0) is 46.4 Å². The van der Waals surface area contributed by atoms with Crippen molar-refractivity contribution in [2.75, 3.05) is 28.1 Å². The van der Waals surface area contributed by atoms with Crippen LogP contribution in [-0.4, -0.2) is 75.5 Å². The second-order valence-electron chi connectivity index (χ2n) is 14.0. The summed E-state index contributed by atoms with van der Waals surface area (Å²) < 4.78 is 73.9. The van der Waals surface area contributed by atoms with E-state index < -0.39 is 49.0 Å². The van der Waals surface area contributed by atoms with Gasteiger partial charge >= 0.3 is 0 Å². The van der Waals surface area contributed by atoms with Crippen molar-refractivity contribution in [3.8, 4) is 11.5 Å². The van der Waals surface area contributed by atoms with Crippen LogP contribution in [0.15, 0.2) is 71.6 Å². The van der Waals surface area contributed by atoms with Gasteiger partial charge < -0.3 is 32.8 Å². The minimum atomic E-state index is -4.01. The first-order chi connectivity index (χ1) is 23.1. The molecule has 1 aliphatic rings. The molecule has 0 bridgehead atoms. The summed E-state index contributed by atoms with van der Waals surface area (Å²) in [5, 5.41) is -0.112. The maximum Gasteiger partial charge on any atom is 0.240 e. The largest absolute Gasteiger partial charge is 0.493 e. The van der Waals surface area contributed by atoms with Gasteiger partial charge in [-0.3, -0.25) is 0 Å². The van der Waals surface area contributed by atoms with Crippen molar-refractivity contribution in [2.24, 2.45) is 0 Å². The molecule has 0 spiro atoms. The molecule has 0 aromatic heterocycles. The first-order valence-electron chi connectivity index (χ1n) is 16.5. The molecule has 4 rings (SSSR count). The van der Waals surface area contributed by atoms with Gasteiger partial charge in [0.2, 0.25) is 10.0 Å². The fraction of sp³-hybridized carbons (Fsp3) is 0.514. The number of rotatable bonds is 16. The van der Waals surface area contributed by atoms with Crippen molar-refractivity contribution < 1.29 is 41.3 Å². The van der Waals surface area contributed by atoms with Crippen molar-refractivity contribution >= 4 is 18.3 Å². The lowest BCUT2D eigenvalue weighted by Crippen LogP contribution is -2.53. The lowest BCUT2D eigenvalue weighted by atomic mass is 9.96. The lowest BCUT2D eigenvalue weighted by Gasteiger charge is -2.40. The minimum Gasteiger partial charge on any atom is -0.493 e. The van der Waals surface area contributed by atoms with Gasteiger partial charge in [0.1, 0.15) is 18.3 Å². The molecular weight excluding hydrogens is 663 g/mol. The molecule has 1 fully saturated rings. The zero-order valence-corrected chi connectivity index (χ0v) is 32.3. The summed E-state index contributed by atoms with van der Waals surface area (Å²) in [7, 11) is -1.70. The molecule has 1 aliphatic heterocycles. The molecule has 5 atom stereocenters. The minimum absolute atomic E-state index is 0.0197. The van der Waals surface area contributed by atoms with E-state index in [0.717, 1.165) is 22.3 Å². The maximum atomic E-state index is 14.0. The third-order valence-corrected chi connectivity index (χ3v) is 15.3. The van der Waals surface area contributed by atoms with E-state index in [4.69, 9.17) is 32.8 Å². The van der Waals surface area contributed by atoms with Crippen molar-refractivity contribution in [1.82, 2.24) is 4.72 Å². The topological polar surface area (TPSA) is 111 Å². The zero-order chi connectivity index (χ0) is 36.0. The van der Waals surface area contributed by atoms with Gasteiger partial charge in [-0.05, 0) is 73.3 Å². The van der Waals surface area contributed by atoms with Crippen LogP contribution in [0.3, 0.4) is 0 Å². The summed E-state index contributed by atoms with van der Waals surface area (Å²) >= 11 is 0. The highest BCUT2D eigenvalue weighted by atomic mass is 32.2. The molecule has 270 valence electrons. The lowest BCUT2D eigenvalue weighted by molar-refractivity contribution is -0.148. The predicted molar refractivity (Wildman–Crippen MR) is 192 cm³/mol. The molecule has 49 heavy (non-hydrogen) atoms. The average Bonchev–Trinajstić information content (AvgIpc) is 3.38. The highest BCUT2D eigenvalue weighted by Gasteiger charge is 2.53. The smallest absolute Gasteiger partial charge is 0.240 e. The van der Waals surface area contributed by atoms with Crippen LogP contribution in [0.25, 0.3) is 0 Å². The van der Waals surface area contributed by atoms with Crippen LogP contribution in [0, 0.1) is 13.8 Å². The number of nitrogens with one attached hydrogen (secondary N) is 1. The predicted octanol–water partition coefficient (Wildman–Crippen LogP) is 6.53. The SMILES string of the molecule is COCOc1cc(C[C@H](NS(=O)(=O)c2ccc(C)cc2)[C@H]2O[C@H](OC)[C@H](O[Si](C)(C)C(C)(C)C)[C@H]2OCc2ccccc2)cc(C)c1OC. The second-order valence-corrected chi connectivity index (χ2v) is 20.5. The molecule has 0 aliphatic carbocycles. The Labute approximate surface area is 293 Å². The second kappa shape index (κ2) is 16.5. The Kier molecular flexibility index (Phi) is 13.1. The van der Waals surface area contributed by atoms with E-state index in [1.807, 2.05) is 56.3 Å². The molecule has 1 saturated heterocycles. The van der Waals surface area contributed by atoms with Gasteiger partial charge in [-0.15, -0.1) is 0 Å². The number of benzene rings is 3. The van der Waals surface area contributed by atoms with Crippen LogP contribution < -0.4 is 14.2 Å². The quantitative estimate of drug-likeness (QED) is 0.131. The molecule has 1 N–H and O–H groups in total. The number of methoxy groups -OCH3 is 3. The fourth-order valence-electron chi connectivity index (χ4n) is 5.65. The Balaban J connectivity index is 1.81. The summed E-state index contributed by atoms with van der Waals surface area (Å²) in [4.78, 5) is 0.148. The molecule has 3 aromatic rings. The Morgan fingerprint density at radius 3 is 2.18 bits per heavy atom. The van der Waals surface area contributed by atoms with Gasteiger partial charge in [0, 0.05) is 14.2 Å². The van der Waals surface area contributed by atoms with E-state index in [1.54, 1.807) is 45.6 Å². The van der Waals surface area contributed by atoms with E-state index >= 15 is 0 Å². The van der Waals surface area contributed by atoms with Crippen LogP contribution in [0.5, 0.6) is 11.5 Å². The summed E-state index contributed by atoms with van der Waals surface area (Å²) in [6, 6.07) is 19.6. The molecule has 0 unspecified atom stereocenters. The number of hydrogen-bond donors (Lipinski definition) is 1. The first-order valence-corrected chi connectivity index (χ1v) is 20.9. The van der Waals surface area contributed by atoms with Gasteiger partial charge in [0.15, 0.2) is 32.9 Å². The molecule has 0 saturated carbocycles. The van der Waals surface area contributed by atoms with E-state index in [0.29, 0.717) is 11.5 Å². The number of aryl methyl sites for hydroxylation is 2.